The van der Waals surface area contributed by atoms with Gasteiger partial charge in [-0.25, -0.2) is 0 Å². The van der Waals surface area contributed by atoms with Gasteiger partial charge in [0.15, 0.2) is 0 Å². The highest BCUT2D eigenvalue weighted by Crippen LogP contribution is 2.26. The van der Waals surface area contributed by atoms with E-state index < -0.39 is 0 Å². The molecule has 0 saturated carbocycles. The number of amides is 1. The molecular formula is C13H20N2OS. The molecule has 0 aromatic carbocycles. The van der Waals surface area contributed by atoms with Crippen LogP contribution < -0.4 is 10.6 Å². The van der Waals surface area contributed by atoms with Gasteiger partial charge in [-0.3, -0.25) is 4.79 Å². The van der Waals surface area contributed by atoms with E-state index in [9.17, 15) is 4.79 Å². The highest BCUT2D eigenvalue weighted by atomic mass is 32.1. The van der Waals surface area contributed by atoms with Gasteiger partial charge in [0.25, 0.3) is 0 Å². The lowest BCUT2D eigenvalue weighted by atomic mass is 9.98. The molecule has 1 saturated heterocycles. The first kappa shape index (κ1) is 12.6. The fourth-order valence-electron chi connectivity index (χ4n) is 2.21. The van der Waals surface area contributed by atoms with Gasteiger partial charge in [-0.1, -0.05) is 0 Å². The molecule has 1 fully saturated rings. The number of hydrogen-bond acceptors (Lipinski definition) is 3. The molecule has 1 amide bonds. The van der Waals surface area contributed by atoms with Crippen LogP contribution in [0.4, 0.5) is 0 Å². The van der Waals surface area contributed by atoms with Gasteiger partial charge in [-0.05, 0) is 51.4 Å². The van der Waals surface area contributed by atoms with E-state index in [1.54, 1.807) is 11.3 Å². The summed E-state index contributed by atoms with van der Waals surface area (Å²) in [5.74, 6) is 0.708. The highest BCUT2D eigenvalue weighted by Gasteiger charge is 2.21. The normalized spacial score (nSPS) is 17.6. The summed E-state index contributed by atoms with van der Waals surface area (Å²) in [4.78, 5) is 14.4. The predicted octanol–water partition coefficient (Wildman–Crippen LogP) is 2.15. The number of aryl methyl sites for hydroxylation is 2. The molecule has 2 N–H and O–H groups in total. The second kappa shape index (κ2) is 5.19. The zero-order chi connectivity index (χ0) is 12.4. The number of carbonyl (C=O) groups excluding carboxylic acids is 1. The van der Waals surface area contributed by atoms with Crippen LogP contribution in [-0.4, -0.2) is 19.0 Å². The molecule has 1 aromatic rings. The Labute approximate surface area is 107 Å². The van der Waals surface area contributed by atoms with Crippen molar-refractivity contribution in [2.24, 2.45) is 5.92 Å². The predicted molar refractivity (Wildman–Crippen MR) is 71.3 cm³/mol. The van der Waals surface area contributed by atoms with Gasteiger partial charge in [0.05, 0.1) is 6.04 Å². The van der Waals surface area contributed by atoms with Crippen molar-refractivity contribution < 1.29 is 4.79 Å². The summed E-state index contributed by atoms with van der Waals surface area (Å²) < 4.78 is 0. The minimum atomic E-state index is 0.125. The third-order valence-corrected chi connectivity index (χ3v) is 4.25. The average Bonchev–Trinajstić information content (AvgIpc) is 2.52. The van der Waals surface area contributed by atoms with E-state index in [1.807, 2.05) is 0 Å². The summed E-state index contributed by atoms with van der Waals surface area (Å²) in [6.07, 6.45) is 0.652. The molecule has 1 aliphatic rings. The van der Waals surface area contributed by atoms with Crippen LogP contribution in [0.15, 0.2) is 6.07 Å². The molecule has 94 valence electrons. The summed E-state index contributed by atoms with van der Waals surface area (Å²) in [5, 5.41) is 6.28. The van der Waals surface area contributed by atoms with Crippen LogP contribution in [0.2, 0.25) is 0 Å². The average molecular weight is 252 g/mol. The molecule has 1 aromatic heterocycles. The minimum absolute atomic E-state index is 0.125. The van der Waals surface area contributed by atoms with Crippen molar-refractivity contribution >= 4 is 17.2 Å². The van der Waals surface area contributed by atoms with Crippen molar-refractivity contribution in [2.45, 2.75) is 33.2 Å². The zero-order valence-electron chi connectivity index (χ0n) is 10.7. The SMILES string of the molecule is Cc1cc(C(C)NC(=O)CC2CNC2)c(C)s1. The van der Waals surface area contributed by atoms with E-state index in [2.05, 4.69) is 37.5 Å². The van der Waals surface area contributed by atoms with Crippen LogP contribution in [0.1, 0.15) is 34.7 Å². The fourth-order valence-corrected chi connectivity index (χ4v) is 3.24. The van der Waals surface area contributed by atoms with E-state index in [4.69, 9.17) is 0 Å². The third-order valence-electron chi connectivity index (χ3n) is 3.26. The van der Waals surface area contributed by atoms with E-state index >= 15 is 0 Å². The lowest BCUT2D eigenvalue weighted by Crippen LogP contribution is -2.44. The Kier molecular flexibility index (Phi) is 3.84. The molecule has 1 unspecified atom stereocenters. The molecule has 0 radical (unpaired) electrons. The number of carbonyl (C=O) groups is 1. The zero-order valence-corrected chi connectivity index (χ0v) is 11.5. The molecule has 17 heavy (non-hydrogen) atoms. The van der Waals surface area contributed by atoms with Crippen molar-refractivity contribution in [2.75, 3.05) is 13.1 Å². The maximum atomic E-state index is 11.8. The topological polar surface area (TPSA) is 41.1 Å². The largest absolute Gasteiger partial charge is 0.350 e. The molecule has 2 rings (SSSR count). The number of nitrogens with one attached hydrogen (secondary N) is 2. The van der Waals surface area contributed by atoms with Gasteiger partial charge in [0.1, 0.15) is 0 Å². The summed E-state index contributed by atoms with van der Waals surface area (Å²) in [6.45, 7) is 8.25. The van der Waals surface area contributed by atoms with Crippen LogP contribution in [0.5, 0.6) is 0 Å². The Morgan fingerprint density at radius 1 is 1.59 bits per heavy atom. The lowest BCUT2D eigenvalue weighted by molar-refractivity contribution is -0.123. The van der Waals surface area contributed by atoms with Crippen LogP contribution in [-0.2, 0) is 4.79 Å². The molecule has 2 heterocycles. The monoisotopic (exact) mass is 252 g/mol. The maximum absolute atomic E-state index is 11.8. The molecule has 4 heteroatoms. The molecule has 3 nitrogen and oxygen atoms in total. The Hall–Kier alpha value is -0.870. The molecule has 0 aliphatic carbocycles. The van der Waals surface area contributed by atoms with Crippen LogP contribution >= 0.6 is 11.3 Å². The number of hydrogen-bond donors (Lipinski definition) is 2. The van der Waals surface area contributed by atoms with Gasteiger partial charge in [-0.15, -0.1) is 11.3 Å². The van der Waals surface area contributed by atoms with Crippen molar-refractivity contribution in [3.63, 3.8) is 0 Å². The molecule has 1 atom stereocenters. The van der Waals surface area contributed by atoms with Crippen LogP contribution in [0, 0.1) is 19.8 Å². The first-order valence-corrected chi connectivity index (χ1v) is 6.95. The van der Waals surface area contributed by atoms with E-state index in [0.717, 1.165) is 13.1 Å². The second-order valence-corrected chi connectivity index (χ2v) is 6.35. The smallest absolute Gasteiger partial charge is 0.220 e. The number of thiophene rings is 1. The van der Waals surface area contributed by atoms with Crippen molar-refractivity contribution in [1.29, 1.82) is 0 Å². The third kappa shape index (κ3) is 3.07. The molecular weight excluding hydrogens is 232 g/mol. The van der Waals surface area contributed by atoms with E-state index in [0.29, 0.717) is 12.3 Å². The lowest BCUT2D eigenvalue weighted by Gasteiger charge is -2.27. The van der Waals surface area contributed by atoms with Crippen LogP contribution in [0.3, 0.4) is 0 Å². The Morgan fingerprint density at radius 3 is 2.76 bits per heavy atom. The van der Waals surface area contributed by atoms with Crippen molar-refractivity contribution in [1.82, 2.24) is 10.6 Å². The fraction of sp³-hybridized carbons (Fsp3) is 0.615. The minimum Gasteiger partial charge on any atom is -0.350 e. The molecule has 1 aliphatic heterocycles. The standard InChI is InChI=1S/C13H20N2OS/c1-8-4-12(10(3)17-8)9(2)15-13(16)5-11-6-14-7-11/h4,9,11,14H,5-7H2,1-3H3,(H,15,16). The van der Waals surface area contributed by atoms with Crippen molar-refractivity contribution in [3.8, 4) is 0 Å². The van der Waals surface area contributed by atoms with Crippen LogP contribution in [0.25, 0.3) is 0 Å². The summed E-state index contributed by atoms with van der Waals surface area (Å²) >= 11 is 1.79. The van der Waals surface area contributed by atoms with E-state index in [1.165, 1.54) is 15.3 Å². The van der Waals surface area contributed by atoms with E-state index in [-0.39, 0.29) is 11.9 Å². The summed E-state index contributed by atoms with van der Waals surface area (Å²) in [7, 11) is 0. The first-order chi connectivity index (χ1) is 8.06. The number of rotatable bonds is 4. The molecule has 0 spiro atoms. The summed E-state index contributed by atoms with van der Waals surface area (Å²) in [5.41, 5.74) is 1.26. The Morgan fingerprint density at radius 2 is 2.29 bits per heavy atom. The van der Waals surface area contributed by atoms with Gasteiger partial charge < -0.3 is 10.6 Å². The quantitative estimate of drug-likeness (QED) is 0.862. The second-order valence-electron chi connectivity index (χ2n) is 4.89. The van der Waals surface area contributed by atoms with Gasteiger partial charge in [0, 0.05) is 16.2 Å². The molecule has 0 bridgehead atoms. The Balaban J connectivity index is 1.89. The Bertz CT molecular complexity index is 410. The highest BCUT2D eigenvalue weighted by molar-refractivity contribution is 7.12. The van der Waals surface area contributed by atoms with Gasteiger partial charge in [0.2, 0.25) is 5.91 Å². The van der Waals surface area contributed by atoms with Crippen molar-refractivity contribution in [3.05, 3.63) is 21.4 Å². The first-order valence-electron chi connectivity index (χ1n) is 6.13. The van der Waals surface area contributed by atoms with Gasteiger partial charge in [-0.2, -0.15) is 0 Å². The summed E-state index contributed by atoms with van der Waals surface area (Å²) in [6, 6.07) is 2.30. The van der Waals surface area contributed by atoms with Gasteiger partial charge >= 0.3 is 0 Å². The maximum Gasteiger partial charge on any atom is 0.220 e.